The summed E-state index contributed by atoms with van der Waals surface area (Å²) in [6.07, 6.45) is 7.37. The Labute approximate surface area is 140 Å². The Balaban J connectivity index is 0.000000253. The van der Waals surface area contributed by atoms with Crippen molar-refractivity contribution >= 4 is 6.03 Å². The lowest BCUT2D eigenvalue weighted by molar-refractivity contribution is 0.114. The number of carbonyl (C=O) groups excluding carboxylic acids is 1. The highest BCUT2D eigenvalue weighted by molar-refractivity contribution is 5.73. The number of urea groups is 1. The van der Waals surface area contributed by atoms with Crippen molar-refractivity contribution in [3.8, 4) is 0 Å². The SMILES string of the molecule is CN1CCCCC1CO.CNC(=O)N(N)CC1CCCCN1C. The summed E-state index contributed by atoms with van der Waals surface area (Å²) < 4.78 is 0. The van der Waals surface area contributed by atoms with Gasteiger partial charge in [0.25, 0.3) is 0 Å². The van der Waals surface area contributed by atoms with Crippen LogP contribution in [0.25, 0.3) is 0 Å². The number of aliphatic hydroxyl groups is 1. The average Bonchev–Trinajstić information content (AvgIpc) is 2.57. The topological polar surface area (TPSA) is 85.1 Å². The van der Waals surface area contributed by atoms with Gasteiger partial charge in [-0.2, -0.15) is 0 Å². The smallest absolute Gasteiger partial charge is 0.331 e. The number of nitrogens with one attached hydrogen (secondary N) is 1. The Morgan fingerprint density at radius 3 is 2.04 bits per heavy atom. The summed E-state index contributed by atoms with van der Waals surface area (Å²) in [5.74, 6) is 5.62. The molecule has 2 rings (SSSR count). The molecule has 2 aliphatic heterocycles. The van der Waals surface area contributed by atoms with Gasteiger partial charge in [-0.3, -0.25) is 5.01 Å². The number of nitrogens with zero attached hydrogens (tertiary/aromatic N) is 3. The van der Waals surface area contributed by atoms with Crippen molar-refractivity contribution in [2.75, 3.05) is 47.4 Å². The van der Waals surface area contributed by atoms with E-state index in [4.69, 9.17) is 10.9 Å². The number of nitrogens with two attached hydrogens (primary N) is 1. The number of aliphatic hydroxyl groups excluding tert-OH is 1. The zero-order valence-corrected chi connectivity index (χ0v) is 15.0. The third-order valence-corrected chi connectivity index (χ3v) is 4.94. The normalized spacial score (nSPS) is 26.1. The van der Waals surface area contributed by atoms with Crippen LogP contribution in [0.1, 0.15) is 38.5 Å². The molecule has 0 saturated carbocycles. The third kappa shape index (κ3) is 7.03. The van der Waals surface area contributed by atoms with E-state index in [2.05, 4.69) is 29.2 Å². The first kappa shape index (κ1) is 20.2. The lowest BCUT2D eigenvalue weighted by Gasteiger charge is -2.34. The molecule has 2 saturated heterocycles. The number of amides is 2. The standard InChI is InChI=1S/C9H20N4O.C7H15NO/c1-11-9(14)13(10)7-8-5-3-4-6-12(8)2;1-8-5-3-2-4-7(8)6-9/h8H,3-7,10H2,1-2H3,(H,11,14);7,9H,2-6H2,1H3. The molecule has 2 unspecified atom stereocenters. The van der Waals surface area contributed by atoms with Crippen LogP contribution in [-0.4, -0.2) is 85.4 Å². The van der Waals surface area contributed by atoms with E-state index in [1.54, 1.807) is 7.05 Å². The van der Waals surface area contributed by atoms with E-state index in [-0.39, 0.29) is 6.03 Å². The minimum Gasteiger partial charge on any atom is -0.395 e. The van der Waals surface area contributed by atoms with Crippen LogP contribution in [0.15, 0.2) is 0 Å². The number of hydrazine groups is 1. The molecule has 7 heteroatoms. The van der Waals surface area contributed by atoms with Gasteiger partial charge < -0.3 is 20.2 Å². The first-order valence-corrected chi connectivity index (χ1v) is 8.74. The van der Waals surface area contributed by atoms with Gasteiger partial charge in [-0.05, 0) is 52.9 Å². The fourth-order valence-electron chi connectivity index (χ4n) is 3.20. The highest BCUT2D eigenvalue weighted by atomic mass is 16.3. The molecule has 0 spiro atoms. The molecule has 2 fully saturated rings. The van der Waals surface area contributed by atoms with E-state index in [0.717, 1.165) is 19.5 Å². The van der Waals surface area contributed by atoms with Crippen LogP contribution < -0.4 is 11.2 Å². The molecule has 23 heavy (non-hydrogen) atoms. The van der Waals surface area contributed by atoms with E-state index in [1.165, 1.54) is 37.1 Å². The van der Waals surface area contributed by atoms with Crippen molar-refractivity contribution in [2.24, 2.45) is 5.84 Å². The summed E-state index contributed by atoms with van der Waals surface area (Å²) in [4.78, 5) is 15.7. The fourth-order valence-corrected chi connectivity index (χ4v) is 3.20. The summed E-state index contributed by atoms with van der Waals surface area (Å²) in [6.45, 7) is 3.20. The van der Waals surface area contributed by atoms with Gasteiger partial charge >= 0.3 is 6.03 Å². The molecule has 0 aromatic heterocycles. The van der Waals surface area contributed by atoms with Crippen LogP contribution in [0.5, 0.6) is 0 Å². The molecular formula is C16H35N5O2. The van der Waals surface area contributed by atoms with E-state index in [0.29, 0.717) is 25.2 Å². The second-order valence-corrected chi connectivity index (χ2v) is 6.65. The van der Waals surface area contributed by atoms with Crippen LogP contribution in [0.4, 0.5) is 4.79 Å². The number of rotatable bonds is 3. The first-order chi connectivity index (χ1) is 11.0. The minimum absolute atomic E-state index is 0.219. The highest BCUT2D eigenvalue weighted by Gasteiger charge is 2.22. The van der Waals surface area contributed by atoms with E-state index in [1.807, 2.05) is 0 Å². The van der Waals surface area contributed by atoms with Gasteiger partial charge in [0.2, 0.25) is 0 Å². The fraction of sp³-hybridized carbons (Fsp3) is 0.938. The quantitative estimate of drug-likeness (QED) is 0.398. The number of hydrogen-bond donors (Lipinski definition) is 3. The molecule has 0 aromatic rings. The van der Waals surface area contributed by atoms with Crippen LogP contribution in [0.2, 0.25) is 0 Å². The molecule has 4 N–H and O–H groups in total. The summed E-state index contributed by atoms with van der Waals surface area (Å²) in [5, 5.41) is 12.6. The lowest BCUT2D eigenvalue weighted by atomic mass is 10.0. The van der Waals surface area contributed by atoms with Crippen molar-refractivity contribution in [1.29, 1.82) is 0 Å². The van der Waals surface area contributed by atoms with Crippen LogP contribution in [0.3, 0.4) is 0 Å². The molecule has 0 aliphatic carbocycles. The van der Waals surface area contributed by atoms with E-state index >= 15 is 0 Å². The third-order valence-electron chi connectivity index (χ3n) is 4.94. The molecule has 2 amide bonds. The molecule has 0 radical (unpaired) electrons. The lowest BCUT2D eigenvalue weighted by Crippen LogP contribution is -2.51. The molecule has 2 heterocycles. The highest BCUT2D eigenvalue weighted by Crippen LogP contribution is 2.15. The number of piperidine rings is 2. The number of likely N-dealkylation sites (tertiary alicyclic amines) is 2. The Hall–Kier alpha value is -0.890. The first-order valence-electron chi connectivity index (χ1n) is 8.74. The average molecular weight is 329 g/mol. The number of hydrogen-bond acceptors (Lipinski definition) is 5. The number of carbonyl (C=O) groups is 1. The predicted molar refractivity (Wildman–Crippen MR) is 93.0 cm³/mol. The summed E-state index contributed by atoms with van der Waals surface area (Å²) >= 11 is 0. The second-order valence-electron chi connectivity index (χ2n) is 6.65. The van der Waals surface area contributed by atoms with Gasteiger partial charge in [0.15, 0.2) is 0 Å². The molecule has 2 atom stereocenters. The maximum Gasteiger partial charge on any atom is 0.331 e. The van der Waals surface area contributed by atoms with Gasteiger partial charge in [0.05, 0.1) is 13.2 Å². The van der Waals surface area contributed by atoms with E-state index < -0.39 is 0 Å². The van der Waals surface area contributed by atoms with E-state index in [9.17, 15) is 4.79 Å². The Bertz CT molecular complexity index is 342. The Morgan fingerprint density at radius 1 is 1.13 bits per heavy atom. The van der Waals surface area contributed by atoms with Crippen LogP contribution in [-0.2, 0) is 0 Å². The zero-order valence-electron chi connectivity index (χ0n) is 15.0. The Kier molecular flexibility index (Phi) is 9.47. The van der Waals surface area contributed by atoms with Crippen molar-refractivity contribution in [3.63, 3.8) is 0 Å². The van der Waals surface area contributed by atoms with Gasteiger partial charge in [0.1, 0.15) is 0 Å². The largest absolute Gasteiger partial charge is 0.395 e. The van der Waals surface area contributed by atoms with Gasteiger partial charge in [-0.1, -0.05) is 12.8 Å². The predicted octanol–water partition coefficient (Wildman–Crippen LogP) is 0.449. The Morgan fingerprint density at radius 2 is 1.65 bits per heavy atom. The second kappa shape index (κ2) is 10.8. The number of likely N-dealkylation sites (N-methyl/N-ethyl adjacent to an activating group) is 2. The molecule has 2 aliphatic rings. The summed E-state index contributed by atoms with van der Waals surface area (Å²) in [5.41, 5.74) is 0. The minimum atomic E-state index is -0.219. The molecule has 136 valence electrons. The van der Waals surface area contributed by atoms with Crippen molar-refractivity contribution in [2.45, 2.75) is 50.6 Å². The summed E-state index contributed by atoms with van der Waals surface area (Å²) in [6, 6.07) is 0.633. The van der Waals surface area contributed by atoms with Crippen molar-refractivity contribution in [3.05, 3.63) is 0 Å². The monoisotopic (exact) mass is 329 g/mol. The molecule has 7 nitrogen and oxygen atoms in total. The zero-order chi connectivity index (χ0) is 17.2. The van der Waals surface area contributed by atoms with Crippen LogP contribution in [0, 0.1) is 0 Å². The molecule has 0 aromatic carbocycles. The van der Waals surface area contributed by atoms with Gasteiger partial charge in [-0.15, -0.1) is 0 Å². The molecule has 0 bridgehead atoms. The van der Waals surface area contributed by atoms with Crippen molar-refractivity contribution in [1.82, 2.24) is 20.1 Å². The van der Waals surface area contributed by atoms with Crippen LogP contribution >= 0.6 is 0 Å². The maximum absolute atomic E-state index is 11.2. The van der Waals surface area contributed by atoms with Gasteiger partial charge in [-0.25, -0.2) is 10.6 Å². The summed E-state index contributed by atoms with van der Waals surface area (Å²) in [7, 11) is 5.76. The molecular weight excluding hydrogens is 294 g/mol. The van der Waals surface area contributed by atoms with Crippen molar-refractivity contribution < 1.29 is 9.90 Å². The maximum atomic E-state index is 11.2. The van der Waals surface area contributed by atoms with Gasteiger partial charge in [0, 0.05) is 19.1 Å².